The summed E-state index contributed by atoms with van der Waals surface area (Å²) in [5.74, 6) is 0. The van der Waals surface area contributed by atoms with Crippen LogP contribution in [-0.4, -0.2) is 20.3 Å². The molecule has 1 aromatic carbocycles. The molecule has 0 aliphatic carbocycles. The van der Waals surface area contributed by atoms with Crippen LogP contribution in [-0.2, 0) is 4.74 Å². The van der Waals surface area contributed by atoms with Crippen molar-refractivity contribution in [2.24, 2.45) is 0 Å². The number of methoxy groups -OCH3 is 1. The molecule has 0 heterocycles. The predicted octanol–water partition coefficient (Wildman–Crippen LogP) is 4.46. The average Bonchev–Trinajstić information content (AvgIpc) is 2.36. The van der Waals surface area contributed by atoms with Gasteiger partial charge in [-0.05, 0) is 50.4 Å². The lowest BCUT2D eigenvalue weighted by Crippen LogP contribution is -2.19. The first kappa shape index (κ1) is 15.8. The highest BCUT2D eigenvalue weighted by Crippen LogP contribution is 2.25. The number of unbranched alkanes of at least 4 members (excludes halogenated alkanes) is 2. The van der Waals surface area contributed by atoms with E-state index < -0.39 is 0 Å². The molecule has 0 spiro atoms. The second-order valence-electron chi connectivity index (χ2n) is 4.40. The van der Waals surface area contributed by atoms with E-state index in [2.05, 4.69) is 12.2 Å². The summed E-state index contributed by atoms with van der Waals surface area (Å²) in [6.45, 7) is 3.99. The van der Waals surface area contributed by atoms with E-state index in [1.54, 1.807) is 7.11 Å². The first-order chi connectivity index (χ1) is 8.65. The summed E-state index contributed by atoms with van der Waals surface area (Å²) in [6.07, 6.45) is 3.48. The Bertz CT molecular complexity index is 358. The van der Waals surface area contributed by atoms with E-state index in [0.29, 0.717) is 16.1 Å². The van der Waals surface area contributed by atoms with Gasteiger partial charge in [-0.25, -0.2) is 0 Å². The Morgan fingerprint density at radius 2 is 1.94 bits per heavy atom. The Hall–Kier alpha value is -0.280. The lowest BCUT2D eigenvalue weighted by Gasteiger charge is -2.14. The van der Waals surface area contributed by atoms with Gasteiger partial charge in [-0.15, -0.1) is 0 Å². The summed E-state index contributed by atoms with van der Waals surface area (Å²) >= 11 is 11.9. The maximum Gasteiger partial charge on any atom is 0.0595 e. The monoisotopic (exact) mass is 289 g/mol. The molecule has 0 bridgehead atoms. The molecule has 1 atom stereocenters. The SMILES string of the molecule is COCCCCCNC(C)c1ccc(Cl)c(Cl)c1. The highest BCUT2D eigenvalue weighted by molar-refractivity contribution is 6.42. The third-order valence-corrected chi connectivity index (χ3v) is 3.66. The Labute approximate surface area is 120 Å². The zero-order valence-electron chi connectivity index (χ0n) is 11.0. The maximum absolute atomic E-state index is 6.00. The Kier molecular flexibility index (Phi) is 7.68. The van der Waals surface area contributed by atoms with E-state index >= 15 is 0 Å². The second kappa shape index (κ2) is 8.76. The summed E-state index contributed by atoms with van der Waals surface area (Å²) in [5, 5.41) is 4.70. The number of ether oxygens (including phenoxy) is 1. The van der Waals surface area contributed by atoms with Gasteiger partial charge in [-0.3, -0.25) is 0 Å². The minimum absolute atomic E-state index is 0.294. The molecule has 1 unspecified atom stereocenters. The van der Waals surface area contributed by atoms with Gasteiger partial charge in [-0.2, -0.15) is 0 Å². The number of halogens is 2. The fraction of sp³-hybridized carbons (Fsp3) is 0.571. The molecule has 0 aromatic heterocycles. The zero-order chi connectivity index (χ0) is 13.4. The van der Waals surface area contributed by atoms with Crippen molar-refractivity contribution in [3.8, 4) is 0 Å². The largest absolute Gasteiger partial charge is 0.385 e. The first-order valence-corrected chi connectivity index (χ1v) is 7.08. The van der Waals surface area contributed by atoms with Crippen LogP contribution in [0.3, 0.4) is 0 Å². The minimum atomic E-state index is 0.294. The van der Waals surface area contributed by atoms with Gasteiger partial charge in [0.2, 0.25) is 0 Å². The van der Waals surface area contributed by atoms with Gasteiger partial charge in [0.1, 0.15) is 0 Å². The average molecular weight is 290 g/mol. The summed E-state index contributed by atoms with van der Waals surface area (Å²) < 4.78 is 5.02. The topological polar surface area (TPSA) is 21.3 Å². The molecule has 18 heavy (non-hydrogen) atoms. The zero-order valence-corrected chi connectivity index (χ0v) is 12.5. The van der Waals surface area contributed by atoms with Gasteiger partial charge in [0.25, 0.3) is 0 Å². The molecule has 0 radical (unpaired) electrons. The number of benzene rings is 1. The Morgan fingerprint density at radius 3 is 2.61 bits per heavy atom. The summed E-state index contributed by atoms with van der Waals surface area (Å²) in [4.78, 5) is 0. The van der Waals surface area contributed by atoms with E-state index in [4.69, 9.17) is 27.9 Å². The molecule has 0 aliphatic heterocycles. The van der Waals surface area contributed by atoms with Gasteiger partial charge < -0.3 is 10.1 Å². The van der Waals surface area contributed by atoms with Gasteiger partial charge in [0.05, 0.1) is 10.0 Å². The van der Waals surface area contributed by atoms with E-state index in [1.807, 2.05) is 18.2 Å². The molecule has 0 fully saturated rings. The van der Waals surface area contributed by atoms with Crippen molar-refractivity contribution in [1.82, 2.24) is 5.32 Å². The number of hydrogen-bond donors (Lipinski definition) is 1. The van der Waals surface area contributed by atoms with Crippen molar-refractivity contribution in [3.63, 3.8) is 0 Å². The smallest absolute Gasteiger partial charge is 0.0595 e. The van der Waals surface area contributed by atoms with Gasteiger partial charge in [-0.1, -0.05) is 29.3 Å². The maximum atomic E-state index is 6.00. The van der Waals surface area contributed by atoms with Gasteiger partial charge in [0, 0.05) is 19.8 Å². The molecule has 1 aromatic rings. The van der Waals surface area contributed by atoms with Crippen LogP contribution in [0.15, 0.2) is 18.2 Å². The van der Waals surface area contributed by atoms with E-state index in [-0.39, 0.29) is 0 Å². The van der Waals surface area contributed by atoms with E-state index in [1.165, 1.54) is 12.0 Å². The van der Waals surface area contributed by atoms with Crippen LogP contribution in [0.4, 0.5) is 0 Å². The third kappa shape index (κ3) is 5.57. The highest BCUT2D eigenvalue weighted by atomic mass is 35.5. The lowest BCUT2D eigenvalue weighted by atomic mass is 10.1. The molecule has 1 rings (SSSR count). The van der Waals surface area contributed by atoms with Crippen molar-refractivity contribution >= 4 is 23.2 Å². The molecular formula is C14H21Cl2NO. The second-order valence-corrected chi connectivity index (χ2v) is 5.22. The van der Waals surface area contributed by atoms with Crippen LogP contribution < -0.4 is 5.32 Å². The van der Waals surface area contributed by atoms with Gasteiger partial charge in [0.15, 0.2) is 0 Å². The van der Waals surface area contributed by atoms with Crippen molar-refractivity contribution in [2.45, 2.75) is 32.2 Å². The van der Waals surface area contributed by atoms with Crippen molar-refractivity contribution in [1.29, 1.82) is 0 Å². The first-order valence-electron chi connectivity index (χ1n) is 6.32. The number of rotatable bonds is 8. The van der Waals surface area contributed by atoms with Crippen LogP contribution in [0.1, 0.15) is 37.8 Å². The van der Waals surface area contributed by atoms with E-state index in [9.17, 15) is 0 Å². The molecule has 1 N–H and O–H groups in total. The molecule has 0 amide bonds. The molecule has 0 aliphatic rings. The Balaban J connectivity index is 2.27. The van der Waals surface area contributed by atoms with Crippen LogP contribution in [0.2, 0.25) is 10.0 Å². The summed E-state index contributed by atoms with van der Waals surface area (Å²) in [6, 6.07) is 6.07. The normalized spacial score (nSPS) is 12.7. The van der Waals surface area contributed by atoms with Crippen LogP contribution >= 0.6 is 23.2 Å². The number of nitrogens with one attached hydrogen (secondary N) is 1. The molecular weight excluding hydrogens is 269 g/mol. The van der Waals surface area contributed by atoms with Crippen LogP contribution in [0, 0.1) is 0 Å². The van der Waals surface area contributed by atoms with Crippen molar-refractivity contribution < 1.29 is 4.74 Å². The molecule has 4 heteroatoms. The summed E-state index contributed by atoms with van der Waals surface area (Å²) in [5.41, 5.74) is 1.17. The Morgan fingerprint density at radius 1 is 1.17 bits per heavy atom. The van der Waals surface area contributed by atoms with E-state index in [0.717, 1.165) is 26.0 Å². The minimum Gasteiger partial charge on any atom is -0.385 e. The fourth-order valence-corrected chi connectivity index (χ4v) is 2.07. The highest BCUT2D eigenvalue weighted by Gasteiger charge is 2.06. The standard InChI is InChI=1S/C14H21Cl2NO/c1-11(17-8-4-3-5-9-18-2)12-6-7-13(15)14(16)10-12/h6-7,10-11,17H,3-5,8-9H2,1-2H3. The molecule has 0 saturated heterocycles. The predicted molar refractivity (Wildman–Crippen MR) is 78.6 cm³/mol. The quantitative estimate of drug-likeness (QED) is 0.714. The number of hydrogen-bond acceptors (Lipinski definition) is 2. The van der Waals surface area contributed by atoms with Crippen molar-refractivity contribution in [3.05, 3.63) is 33.8 Å². The fourth-order valence-electron chi connectivity index (χ4n) is 1.77. The summed E-state index contributed by atoms with van der Waals surface area (Å²) in [7, 11) is 1.74. The van der Waals surface area contributed by atoms with Crippen molar-refractivity contribution in [2.75, 3.05) is 20.3 Å². The van der Waals surface area contributed by atoms with Crippen LogP contribution in [0.25, 0.3) is 0 Å². The lowest BCUT2D eigenvalue weighted by molar-refractivity contribution is 0.192. The third-order valence-electron chi connectivity index (χ3n) is 2.92. The van der Waals surface area contributed by atoms with Gasteiger partial charge >= 0.3 is 0 Å². The molecule has 2 nitrogen and oxygen atoms in total. The molecule has 0 saturated carbocycles. The van der Waals surface area contributed by atoms with Crippen LogP contribution in [0.5, 0.6) is 0 Å². The molecule has 102 valence electrons.